The summed E-state index contributed by atoms with van der Waals surface area (Å²) >= 11 is 1.55. The fourth-order valence-corrected chi connectivity index (χ4v) is 4.08. The van der Waals surface area contributed by atoms with Gasteiger partial charge in [-0.2, -0.15) is 5.10 Å². The van der Waals surface area contributed by atoms with Crippen LogP contribution in [-0.2, 0) is 6.54 Å². The number of rotatable bonds is 7. The van der Waals surface area contributed by atoms with Crippen molar-refractivity contribution < 1.29 is 4.79 Å². The Balaban J connectivity index is 1.48. The third kappa shape index (κ3) is 4.19. The molecule has 5 aromatic rings. The number of thiophene rings is 1. The van der Waals surface area contributed by atoms with Crippen LogP contribution in [0.2, 0.25) is 0 Å². The van der Waals surface area contributed by atoms with Crippen LogP contribution < -0.4 is 5.32 Å². The third-order valence-corrected chi connectivity index (χ3v) is 5.76. The van der Waals surface area contributed by atoms with Crippen LogP contribution in [0.4, 0.5) is 0 Å². The second kappa shape index (κ2) is 8.94. The fourth-order valence-electron chi connectivity index (χ4n) is 3.38. The van der Waals surface area contributed by atoms with Crippen molar-refractivity contribution in [3.05, 3.63) is 102 Å². The number of carbonyl (C=O) groups is 1. The number of carbonyl (C=O) groups excluding carboxylic acids is 1. The number of hydrogen-bond acceptors (Lipinski definition) is 6. The highest BCUT2D eigenvalue weighted by molar-refractivity contribution is 7.13. The van der Waals surface area contributed by atoms with E-state index in [1.54, 1.807) is 27.0 Å². The molecule has 0 fully saturated rings. The Labute approximate surface area is 188 Å². The van der Waals surface area contributed by atoms with Gasteiger partial charge in [0.1, 0.15) is 12.7 Å². The van der Waals surface area contributed by atoms with Gasteiger partial charge in [-0.1, -0.05) is 54.6 Å². The van der Waals surface area contributed by atoms with Crippen LogP contribution in [0.5, 0.6) is 0 Å². The van der Waals surface area contributed by atoms with E-state index in [1.165, 1.54) is 6.33 Å². The average Bonchev–Trinajstić information content (AvgIpc) is 3.61. The Morgan fingerprint density at radius 2 is 1.78 bits per heavy atom. The number of benzene rings is 2. The summed E-state index contributed by atoms with van der Waals surface area (Å²) in [5.41, 5.74) is 1.79. The molecule has 32 heavy (non-hydrogen) atoms. The Kier molecular flexibility index (Phi) is 5.54. The molecule has 2 aromatic carbocycles. The summed E-state index contributed by atoms with van der Waals surface area (Å²) in [4.78, 5) is 22.7. The zero-order valence-corrected chi connectivity index (χ0v) is 17.8. The Morgan fingerprint density at radius 1 is 1.00 bits per heavy atom. The number of para-hydroxylation sites is 1. The minimum absolute atomic E-state index is 0.108. The molecule has 9 heteroatoms. The van der Waals surface area contributed by atoms with Crippen LogP contribution in [-0.4, -0.2) is 35.4 Å². The van der Waals surface area contributed by atoms with Crippen molar-refractivity contribution in [2.45, 2.75) is 12.6 Å². The maximum Gasteiger partial charge on any atom is 0.291 e. The first-order valence-corrected chi connectivity index (χ1v) is 10.9. The Bertz CT molecular complexity index is 1280. The number of nitrogens with zero attached hydrogens (tertiary/aromatic N) is 6. The Morgan fingerprint density at radius 3 is 2.47 bits per heavy atom. The molecule has 0 spiro atoms. The molecule has 1 N–H and O–H groups in total. The minimum atomic E-state index is -0.355. The molecule has 1 atom stereocenters. The van der Waals surface area contributed by atoms with Crippen molar-refractivity contribution >= 4 is 17.2 Å². The van der Waals surface area contributed by atoms with Gasteiger partial charge in [0.05, 0.1) is 23.2 Å². The van der Waals surface area contributed by atoms with Crippen molar-refractivity contribution in [2.24, 2.45) is 0 Å². The van der Waals surface area contributed by atoms with Gasteiger partial charge in [0, 0.05) is 0 Å². The smallest absolute Gasteiger partial charge is 0.291 e. The first kappa shape index (κ1) is 19.8. The van der Waals surface area contributed by atoms with Gasteiger partial charge < -0.3 is 5.32 Å². The third-order valence-electron chi connectivity index (χ3n) is 4.90. The predicted molar refractivity (Wildman–Crippen MR) is 121 cm³/mol. The molecule has 0 saturated carbocycles. The van der Waals surface area contributed by atoms with Crippen molar-refractivity contribution in [1.29, 1.82) is 0 Å². The molecule has 1 amide bonds. The normalized spacial score (nSPS) is 11.9. The highest BCUT2D eigenvalue weighted by Crippen LogP contribution is 2.26. The largest absolute Gasteiger partial charge is 0.341 e. The quantitative estimate of drug-likeness (QED) is 0.415. The molecule has 3 heterocycles. The lowest BCUT2D eigenvalue weighted by atomic mass is 10.1. The molecule has 1 unspecified atom stereocenters. The van der Waals surface area contributed by atoms with Crippen LogP contribution in [0, 0.1) is 0 Å². The number of nitrogens with one attached hydrogen (secondary N) is 1. The van der Waals surface area contributed by atoms with E-state index < -0.39 is 0 Å². The molecule has 0 radical (unpaired) electrons. The molecule has 158 valence electrons. The van der Waals surface area contributed by atoms with Gasteiger partial charge in [0.2, 0.25) is 5.82 Å². The van der Waals surface area contributed by atoms with Gasteiger partial charge in [-0.25, -0.2) is 14.6 Å². The molecule has 0 bridgehead atoms. The van der Waals surface area contributed by atoms with Gasteiger partial charge in [-0.15, -0.1) is 16.4 Å². The SMILES string of the molecule is O=C(NC(Cn1cncn1)c1ccccc1)c1nc(-c2cccs2)n(-c2ccccc2)n1. The van der Waals surface area contributed by atoms with Crippen LogP contribution in [0.1, 0.15) is 22.2 Å². The van der Waals surface area contributed by atoms with E-state index in [9.17, 15) is 4.79 Å². The van der Waals surface area contributed by atoms with E-state index in [1.807, 2.05) is 78.2 Å². The van der Waals surface area contributed by atoms with Gasteiger partial charge in [-0.05, 0) is 29.1 Å². The highest BCUT2D eigenvalue weighted by Gasteiger charge is 2.23. The van der Waals surface area contributed by atoms with Gasteiger partial charge in [0.15, 0.2) is 5.82 Å². The zero-order valence-electron chi connectivity index (χ0n) is 16.9. The van der Waals surface area contributed by atoms with Crippen molar-refractivity contribution in [1.82, 2.24) is 34.8 Å². The molecule has 0 aliphatic rings. The van der Waals surface area contributed by atoms with Gasteiger partial charge >= 0.3 is 0 Å². The standard InChI is InChI=1S/C23H19N7OS/c31-23(26-19(14-29-16-24-15-25-29)17-8-3-1-4-9-17)21-27-22(20-12-7-13-32-20)30(28-21)18-10-5-2-6-11-18/h1-13,15-16,19H,14H2,(H,26,31). The molecular weight excluding hydrogens is 422 g/mol. The van der Waals surface area contributed by atoms with E-state index in [4.69, 9.17) is 0 Å². The molecule has 0 aliphatic carbocycles. The maximum atomic E-state index is 13.2. The Hall–Kier alpha value is -4.11. The molecule has 3 aromatic heterocycles. The minimum Gasteiger partial charge on any atom is -0.341 e. The molecular formula is C23H19N7OS. The first-order valence-electron chi connectivity index (χ1n) is 10.0. The number of aromatic nitrogens is 6. The topological polar surface area (TPSA) is 90.5 Å². The zero-order chi connectivity index (χ0) is 21.8. The van der Waals surface area contributed by atoms with E-state index in [-0.39, 0.29) is 17.8 Å². The molecule has 0 saturated heterocycles. The summed E-state index contributed by atoms with van der Waals surface area (Å²) in [5, 5.41) is 13.8. The van der Waals surface area contributed by atoms with Crippen LogP contribution >= 0.6 is 11.3 Å². The van der Waals surface area contributed by atoms with Gasteiger partial charge in [-0.3, -0.25) is 9.48 Å². The average molecular weight is 442 g/mol. The van der Waals surface area contributed by atoms with E-state index in [0.29, 0.717) is 12.4 Å². The van der Waals surface area contributed by atoms with Crippen molar-refractivity contribution in [2.75, 3.05) is 0 Å². The summed E-state index contributed by atoms with van der Waals surface area (Å²) in [6, 6.07) is 23.0. The van der Waals surface area contributed by atoms with Gasteiger partial charge in [0.25, 0.3) is 5.91 Å². The number of amides is 1. The van der Waals surface area contributed by atoms with Crippen molar-refractivity contribution in [3.63, 3.8) is 0 Å². The van der Waals surface area contributed by atoms with Crippen LogP contribution in [0.15, 0.2) is 90.8 Å². The summed E-state index contributed by atoms with van der Waals surface area (Å²) in [5.74, 6) is 0.382. The lowest BCUT2D eigenvalue weighted by molar-refractivity contribution is 0.0921. The lowest BCUT2D eigenvalue weighted by Crippen LogP contribution is -2.32. The summed E-state index contributed by atoms with van der Waals surface area (Å²) in [7, 11) is 0. The molecule has 0 aliphatic heterocycles. The molecule has 5 rings (SSSR count). The second-order valence-corrected chi connectivity index (χ2v) is 7.99. The van der Waals surface area contributed by atoms with E-state index in [0.717, 1.165) is 16.1 Å². The van der Waals surface area contributed by atoms with E-state index >= 15 is 0 Å². The van der Waals surface area contributed by atoms with Crippen LogP contribution in [0.25, 0.3) is 16.4 Å². The van der Waals surface area contributed by atoms with Crippen LogP contribution in [0.3, 0.4) is 0 Å². The summed E-state index contributed by atoms with van der Waals surface area (Å²) in [6.45, 7) is 0.437. The fraction of sp³-hybridized carbons (Fsp3) is 0.0870. The monoisotopic (exact) mass is 441 g/mol. The van der Waals surface area contributed by atoms with E-state index in [2.05, 4.69) is 25.5 Å². The molecule has 8 nitrogen and oxygen atoms in total. The predicted octanol–water partition coefficient (Wildman–Crippen LogP) is 3.76. The van der Waals surface area contributed by atoms with Crippen molar-refractivity contribution in [3.8, 4) is 16.4 Å². The summed E-state index contributed by atoms with van der Waals surface area (Å²) < 4.78 is 3.39. The number of hydrogen-bond donors (Lipinski definition) is 1. The summed E-state index contributed by atoms with van der Waals surface area (Å²) in [6.07, 6.45) is 3.10. The first-order chi connectivity index (χ1) is 15.8. The lowest BCUT2D eigenvalue weighted by Gasteiger charge is -2.18. The second-order valence-electron chi connectivity index (χ2n) is 7.04. The maximum absolute atomic E-state index is 13.2. The highest BCUT2D eigenvalue weighted by atomic mass is 32.1.